The van der Waals surface area contributed by atoms with E-state index in [4.69, 9.17) is 0 Å². The highest BCUT2D eigenvalue weighted by atomic mass is 79.9. The number of rotatable bonds is 3. The summed E-state index contributed by atoms with van der Waals surface area (Å²) < 4.78 is 17.1. The van der Waals surface area contributed by atoms with E-state index in [1.54, 1.807) is 6.07 Å². The number of fused-ring (bicyclic) bond motifs is 1. The first-order valence-corrected chi connectivity index (χ1v) is 10.1. The molecule has 0 unspecified atom stereocenters. The van der Waals surface area contributed by atoms with Crippen molar-refractivity contribution in [3.05, 3.63) is 52.8 Å². The lowest BCUT2D eigenvalue weighted by molar-refractivity contribution is 0.579. The standard InChI is InChI=1S/C20H18BrFN6/c21-15-12-17-14(11-16(15)22)18(27-9-5-2-6-10-27)19(20-23-25-26-24-20)28(17)13-7-3-1-4-8-13/h1,3-4,7-8,11-12H,2,5-6,9-10H2,(H,23,24,25,26). The van der Waals surface area contributed by atoms with E-state index in [1.807, 2.05) is 36.4 Å². The van der Waals surface area contributed by atoms with Crippen LogP contribution in [0.15, 0.2) is 46.9 Å². The lowest BCUT2D eigenvalue weighted by Crippen LogP contribution is -2.29. The number of hydrogen-bond acceptors (Lipinski definition) is 4. The van der Waals surface area contributed by atoms with Crippen LogP contribution in [-0.4, -0.2) is 38.3 Å². The largest absolute Gasteiger partial charge is 0.369 e. The van der Waals surface area contributed by atoms with Crippen molar-refractivity contribution in [3.63, 3.8) is 0 Å². The van der Waals surface area contributed by atoms with Gasteiger partial charge in [0.2, 0.25) is 0 Å². The summed E-state index contributed by atoms with van der Waals surface area (Å²) in [5, 5.41) is 15.5. The summed E-state index contributed by atoms with van der Waals surface area (Å²) in [4.78, 5) is 2.33. The van der Waals surface area contributed by atoms with Gasteiger partial charge in [-0.15, -0.1) is 5.10 Å². The molecule has 1 N–H and O–H groups in total. The molecule has 6 nitrogen and oxygen atoms in total. The number of piperidine rings is 1. The van der Waals surface area contributed by atoms with Crippen LogP contribution >= 0.6 is 15.9 Å². The maximum atomic E-state index is 14.6. The molecule has 8 heteroatoms. The molecule has 0 radical (unpaired) electrons. The Morgan fingerprint density at radius 1 is 1.04 bits per heavy atom. The molecule has 2 aromatic heterocycles. The van der Waals surface area contributed by atoms with Gasteiger partial charge in [-0.05, 0) is 69.9 Å². The molecule has 142 valence electrons. The smallest absolute Gasteiger partial charge is 0.198 e. The summed E-state index contributed by atoms with van der Waals surface area (Å²) in [5.74, 6) is 0.287. The van der Waals surface area contributed by atoms with Crippen LogP contribution in [0.25, 0.3) is 28.1 Å². The minimum atomic E-state index is -0.279. The minimum Gasteiger partial charge on any atom is -0.369 e. The summed E-state index contributed by atoms with van der Waals surface area (Å²) in [6.07, 6.45) is 3.45. The quantitative estimate of drug-likeness (QED) is 0.501. The monoisotopic (exact) mass is 440 g/mol. The molecule has 2 aromatic carbocycles. The van der Waals surface area contributed by atoms with Crippen molar-refractivity contribution in [1.29, 1.82) is 0 Å². The molecule has 0 saturated carbocycles. The van der Waals surface area contributed by atoms with Gasteiger partial charge >= 0.3 is 0 Å². The van der Waals surface area contributed by atoms with Crippen LogP contribution in [0.3, 0.4) is 0 Å². The molecule has 1 saturated heterocycles. The number of H-pyrrole nitrogens is 1. The van der Waals surface area contributed by atoms with Gasteiger partial charge in [0.25, 0.3) is 0 Å². The van der Waals surface area contributed by atoms with Crippen molar-refractivity contribution in [3.8, 4) is 17.2 Å². The van der Waals surface area contributed by atoms with Crippen molar-refractivity contribution in [2.24, 2.45) is 0 Å². The number of halogens is 2. The normalized spacial score (nSPS) is 14.7. The Kier molecular flexibility index (Phi) is 4.35. The van der Waals surface area contributed by atoms with Gasteiger partial charge in [-0.25, -0.2) is 9.49 Å². The van der Waals surface area contributed by atoms with E-state index in [-0.39, 0.29) is 5.82 Å². The molecule has 1 aliphatic rings. The van der Waals surface area contributed by atoms with Crippen LogP contribution < -0.4 is 4.90 Å². The second kappa shape index (κ2) is 7.01. The predicted molar refractivity (Wildman–Crippen MR) is 110 cm³/mol. The van der Waals surface area contributed by atoms with Crippen LogP contribution in [-0.2, 0) is 0 Å². The van der Waals surface area contributed by atoms with Crippen LogP contribution in [0, 0.1) is 5.82 Å². The highest BCUT2D eigenvalue weighted by molar-refractivity contribution is 9.10. The zero-order chi connectivity index (χ0) is 19.1. The Balaban J connectivity index is 1.90. The van der Waals surface area contributed by atoms with Crippen LogP contribution in [0.1, 0.15) is 19.3 Å². The average Bonchev–Trinajstić information content (AvgIpc) is 3.36. The van der Waals surface area contributed by atoms with E-state index < -0.39 is 0 Å². The van der Waals surface area contributed by atoms with Gasteiger partial charge in [-0.1, -0.05) is 18.2 Å². The molecule has 0 aliphatic carbocycles. The summed E-state index contributed by atoms with van der Waals surface area (Å²) in [7, 11) is 0. The Labute approximate surface area is 169 Å². The van der Waals surface area contributed by atoms with Crippen molar-refractivity contribution >= 4 is 32.5 Å². The Morgan fingerprint density at radius 3 is 2.54 bits per heavy atom. The third kappa shape index (κ3) is 2.79. The molecular formula is C20H18BrFN6. The third-order valence-corrected chi connectivity index (χ3v) is 5.85. The number of para-hydroxylation sites is 1. The first kappa shape index (κ1) is 17.4. The minimum absolute atomic E-state index is 0.279. The van der Waals surface area contributed by atoms with E-state index >= 15 is 0 Å². The summed E-state index contributed by atoms with van der Waals surface area (Å²) in [6, 6.07) is 13.5. The third-order valence-electron chi connectivity index (χ3n) is 5.24. The molecule has 0 bridgehead atoms. The van der Waals surface area contributed by atoms with Crippen molar-refractivity contribution < 1.29 is 4.39 Å². The number of nitrogens with one attached hydrogen (secondary N) is 1. The average molecular weight is 441 g/mol. The van der Waals surface area contributed by atoms with Gasteiger partial charge in [0.15, 0.2) is 5.82 Å². The predicted octanol–water partition coefficient (Wildman–Crippen LogP) is 4.70. The Morgan fingerprint density at radius 2 is 1.82 bits per heavy atom. The maximum Gasteiger partial charge on any atom is 0.198 e. The number of anilines is 1. The van der Waals surface area contributed by atoms with Crippen LogP contribution in [0.5, 0.6) is 0 Å². The topological polar surface area (TPSA) is 62.6 Å². The SMILES string of the molecule is Fc1cc2c(N3CCCCC3)c(-c3nnn[nH]3)n(-c3ccccc3)c2cc1Br. The van der Waals surface area contributed by atoms with E-state index in [0.29, 0.717) is 10.3 Å². The fourth-order valence-corrected chi connectivity index (χ4v) is 4.36. The zero-order valence-electron chi connectivity index (χ0n) is 15.1. The number of nitrogens with zero attached hydrogens (tertiary/aromatic N) is 5. The van der Waals surface area contributed by atoms with E-state index in [0.717, 1.165) is 53.9 Å². The molecule has 3 heterocycles. The Bertz CT molecular complexity index is 1120. The molecule has 28 heavy (non-hydrogen) atoms. The summed E-state index contributed by atoms with van der Waals surface area (Å²) in [5.41, 5.74) is 3.71. The molecule has 0 spiro atoms. The van der Waals surface area contributed by atoms with Crippen molar-refractivity contribution in [1.82, 2.24) is 25.2 Å². The molecule has 4 aromatic rings. The summed E-state index contributed by atoms with van der Waals surface area (Å²) in [6.45, 7) is 1.86. The highest BCUT2D eigenvalue weighted by Crippen LogP contribution is 2.43. The van der Waals surface area contributed by atoms with Gasteiger partial charge < -0.3 is 9.47 Å². The number of benzene rings is 2. The molecule has 5 rings (SSSR count). The number of aromatic amines is 1. The lowest BCUT2D eigenvalue weighted by Gasteiger charge is -2.29. The fourth-order valence-electron chi connectivity index (χ4n) is 4.03. The van der Waals surface area contributed by atoms with E-state index in [9.17, 15) is 4.39 Å². The Hall–Kier alpha value is -2.74. The van der Waals surface area contributed by atoms with Crippen LogP contribution in [0.4, 0.5) is 10.1 Å². The van der Waals surface area contributed by atoms with E-state index in [1.165, 1.54) is 6.42 Å². The second-order valence-corrected chi connectivity index (χ2v) is 7.80. The van der Waals surface area contributed by atoms with Crippen molar-refractivity contribution in [2.45, 2.75) is 19.3 Å². The number of aromatic nitrogens is 5. The molecule has 1 fully saturated rings. The van der Waals surface area contributed by atoms with Gasteiger partial charge in [-0.3, -0.25) is 0 Å². The van der Waals surface area contributed by atoms with E-state index in [2.05, 4.69) is 46.0 Å². The summed E-state index contributed by atoms with van der Waals surface area (Å²) >= 11 is 3.35. The van der Waals surface area contributed by atoms with Gasteiger partial charge in [0.05, 0.1) is 15.7 Å². The van der Waals surface area contributed by atoms with Gasteiger partial charge in [0.1, 0.15) is 11.5 Å². The van der Waals surface area contributed by atoms with Gasteiger partial charge in [0, 0.05) is 24.2 Å². The number of tetrazole rings is 1. The first-order chi connectivity index (χ1) is 13.7. The molecular weight excluding hydrogens is 423 g/mol. The molecule has 0 amide bonds. The lowest BCUT2D eigenvalue weighted by atomic mass is 10.1. The highest BCUT2D eigenvalue weighted by Gasteiger charge is 2.27. The fraction of sp³-hybridized carbons (Fsp3) is 0.250. The first-order valence-electron chi connectivity index (χ1n) is 9.32. The van der Waals surface area contributed by atoms with Gasteiger partial charge in [-0.2, -0.15) is 0 Å². The number of hydrogen-bond donors (Lipinski definition) is 1. The molecule has 0 atom stereocenters. The zero-order valence-corrected chi connectivity index (χ0v) is 16.7. The second-order valence-electron chi connectivity index (χ2n) is 6.95. The van der Waals surface area contributed by atoms with Crippen LogP contribution in [0.2, 0.25) is 0 Å². The molecule has 1 aliphatic heterocycles. The van der Waals surface area contributed by atoms with Crippen molar-refractivity contribution in [2.75, 3.05) is 18.0 Å². The maximum absolute atomic E-state index is 14.6.